The van der Waals surface area contributed by atoms with Gasteiger partial charge < -0.3 is 14.7 Å². The van der Waals surface area contributed by atoms with Gasteiger partial charge in [-0.2, -0.15) is 0 Å². The molecule has 2 rings (SSSR count). The highest BCUT2D eigenvalue weighted by Gasteiger charge is 2.24. The van der Waals surface area contributed by atoms with Gasteiger partial charge in [-0.25, -0.2) is 4.79 Å². The van der Waals surface area contributed by atoms with Crippen LogP contribution in [0.5, 0.6) is 5.75 Å². The summed E-state index contributed by atoms with van der Waals surface area (Å²) < 4.78 is 5.88. The number of carbonyl (C=O) groups is 3. The van der Waals surface area contributed by atoms with Crippen molar-refractivity contribution >= 4 is 23.2 Å². The molecule has 0 aliphatic rings. The predicted molar refractivity (Wildman–Crippen MR) is 107 cm³/mol. The number of rotatable bonds is 9. The van der Waals surface area contributed by atoms with Crippen LogP contribution in [0.25, 0.3) is 0 Å². The number of anilines is 1. The Labute approximate surface area is 164 Å². The maximum absolute atomic E-state index is 12.8. The number of hydrogen-bond donors (Lipinski definition) is 1. The lowest BCUT2D eigenvalue weighted by Gasteiger charge is -2.23. The minimum absolute atomic E-state index is 0.194. The maximum Gasteiger partial charge on any atom is 0.372 e. The zero-order valence-corrected chi connectivity index (χ0v) is 16.6. The van der Waals surface area contributed by atoms with Crippen molar-refractivity contribution in [3.63, 3.8) is 0 Å². The van der Waals surface area contributed by atoms with Gasteiger partial charge in [0, 0.05) is 14.1 Å². The number of ketones is 2. The van der Waals surface area contributed by atoms with Gasteiger partial charge in [0.2, 0.25) is 5.78 Å². The van der Waals surface area contributed by atoms with Crippen molar-refractivity contribution in [2.75, 3.05) is 19.0 Å². The normalized spacial score (nSPS) is 10.6. The van der Waals surface area contributed by atoms with E-state index in [4.69, 9.17) is 9.84 Å². The lowest BCUT2D eigenvalue weighted by Crippen LogP contribution is -2.20. The fourth-order valence-corrected chi connectivity index (χ4v) is 2.82. The van der Waals surface area contributed by atoms with Crippen molar-refractivity contribution in [2.45, 2.75) is 32.8 Å². The monoisotopic (exact) mass is 383 g/mol. The molecule has 0 atom stereocenters. The zero-order chi connectivity index (χ0) is 20.8. The molecule has 28 heavy (non-hydrogen) atoms. The van der Waals surface area contributed by atoms with Crippen molar-refractivity contribution in [3.8, 4) is 5.75 Å². The maximum atomic E-state index is 12.8. The largest absolute Gasteiger partial charge is 0.488 e. The van der Waals surface area contributed by atoms with E-state index in [1.54, 1.807) is 6.07 Å². The van der Waals surface area contributed by atoms with Gasteiger partial charge in [-0.05, 0) is 43.5 Å². The molecule has 0 bridgehead atoms. The number of nitrogens with zero attached hydrogens (tertiary/aromatic N) is 1. The molecule has 2 aromatic carbocycles. The van der Waals surface area contributed by atoms with E-state index in [1.165, 1.54) is 0 Å². The Bertz CT molecular complexity index is 872. The summed E-state index contributed by atoms with van der Waals surface area (Å²) in [7, 11) is 3.68. The number of ether oxygens (including phenoxy) is 1. The van der Waals surface area contributed by atoms with Gasteiger partial charge >= 0.3 is 5.97 Å². The fraction of sp³-hybridized carbons (Fsp3) is 0.318. The number of carboxylic acid groups (broad SMARTS) is 1. The third-order valence-electron chi connectivity index (χ3n) is 4.08. The van der Waals surface area contributed by atoms with E-state index in [2.05, 4.69) is 0 Å². The third-order valence-corrected chi connectivity index (χ3v) is 4.08. The van der Waals surface area contributed by atoms with E-state index in [9.17, 15) is 14.4 Å². The van der Waals surface area contributed by atoms with Crippen molar-refractivity contribution < 1.29 is 24.2 Å². The predicted octanol–water partition coefficient (Wildman–Crippen LogP) is 3.36. The highest BCUT2D eigenvalue weighted by Crippen LogP contribution is 2.35. The molecule has 6 nitrogen and oxygen atoms in total. The van der Waals surface area contributed by atoms with Gasteiger partial charge in [0.1, 0.15) is 0 Å². The van der Waals surface area contributed by atoms with E-state index in [-0.39, 0.29) is 11.7 Å². The summed E-state index contributed by atoms with van der Waals surface area (Å²) in [4.78, 5) is 37.0. The number of carbonyl (C=O) groups excluding carboxylic acids is 2. The second kappa shape index (κ2) is 9.17. The van der Waals surface area contributed by atoms with Gasteiger partial charge in [0.25, 0.3) is 0 Å². The molecule has 0 saturated heterocycles. The number of benzene rings is 2. The summed E-state index contributed by atoms with van der Waals surface area (Å²) in [5.41, 5.74) is 2.87. The molecule has 0 unspecified atom stereocenters. The van der Waals surface area contributed by atoms with Crippen LogP contribution >= 0.6 is 0 Å². The van der Waals surface area contributed by atoms with Gasteiger partial charge in [-0.15, -0.1) is 0 Å². The van der Waals surface area contributed by atoms with Crippen LogP contribution in [0.1, 0.15) is 41.8 Å². The first-order valence-electron chi connectivity index (χ1n) is 9.03. The van der Waals surface area contributed by atoms with Crippen LogP contribution in [-0.2, 0) is 16.0 Å². The lowest BCUT2D eigenvalue weighted by atomic mass is 9.97. The van der Waals surface area contributed by atoms with Gasteiger partial charge in [0.15, 0.2) is 11.5 Å². The van der Waals surface area contributed by atoms with Crippen LogP contribution in [0.2, 0.25) is 0 Å². The summed E-state index contributed by atoms with van der Waals surface area (Å²) in [6.07, 6.45) is -0.303. The van der Waals surface area contributed by atoms with Crippen LogP contribution in [0.3, 0.4) is 0 Å². The van der Waals surface area contributed by atoms with E-state index in [1.807, 2.05) is 69.2 Å². The van der Waals surface area contributed by atoms with Gasteiger partial charge in [-0.3, -0.25) is 9.59 Å². The Morgan fingerprint density at radius 3 is 2.21 bits per heavy atom. The van der Waals surface area contributed by atoms with Crippen LogP contribution < -0.4 is 9.64 Å². The Hall–Kier alpha value is -3.15. The SMILES string of the molecule is CC(C)Oc1c(C(=O)CC(=O)C(=O)O)cc(Cc2ccccc2)cc1N(C)C. The number of Topliss-reactive ketones (excluding diaryl/α,β-unsaturated/α-hetero) is 2. The summed E-state index contributed by atoms with van der Waals surface area (Å²) in [5, 5.41) is 8.84. The van der Waals surface area contributed by atoms with Crippen molar-refractivity contribution in [1.82, 2.24) is 0 Å². The number of aliphatic carboxylic acids is 1. The average Bonchev–Trinajstić information content (AvgIpc) is 2.62. The fourth-order valence-electron chi connectivity index (χ4n) is 2.82. The van der Waals surface area contributed by atoms with E-state index >= 15 is 0 Å². The quantitative estimate of drug-likeness (QED) is 0.406. The molecule has 0 radical (unpaired) electrons. The average molecular weight is 383 g/mol. The summed E-state index contributed by atoms with van der Waals surface area (Å²) in [6.45, 7) is 3.68. The molecule has 0 amide bonds. The molecule has 0 aromatic heterocycles. The molecule has 0 saturated carbocycles. The van der Waals surface area contributed by atoms with E-state index in [0.717, 1.165) is 11.1 Å². The molecular weight excluding hydrogens is 358 g/mol. The van der Waals surface area contributed by atoms with Crippen molar-refractivity contribution in [3.05, 3.63) is 59.2 Å². The molecule has 0 aliphatic heterocycles. The third kappa shape index (κ3) is 5.42. The standard InChI is InChI=1S/C22H25NO5/c1-14(2)28-21-17(19(24)13-20(25)22(26)27)11-16(12-18(21)23(3)4)10-15-8-6-5-7-9-15/h5-9,11-12,14H,10,13H2,1-4H3,(H,26,27). The lowest BCUT2D eigenvalue weighted by molar-refractivity contribution is -0.148. The number of carboxylic acids is 1. The molecule has 6 heteroatoms. The smallest absolute Gasteiger partial charge is 0.372 e. The second-order valence-electron chi connectivity index (χ2n) is 7.04. The van der Waals surface area contributed by atoms with Crippen molar-refractivity contribution in [2.24, 2.45) is 0 Å². The molecule has 0 heterocycles. The molecule has 1 N–H and O–H groups in total. The first-order chi connectivity index (χ1) is 13.2. The first-order valence-corrected chi connectivity index (χ1v) is 9.03. The zero-order valence-electron chi connectivity index (χ0n) is 16.6. The van der Waals surface area contributed by atoms with Crippen molar-refractivity contribution in [1.29, 1.82) is 0 Å². The minimum Gasteiger partial charge on any atom is -0.488 e. The van der Waals surface area contributed by atoms with Crippen LogP contribution in [0.4, 0.5) is 5.69 Å². The summed E-state index contributed by atoms with van der Waals surface area (Å²) in [5.74, 6) is -2.96. The van der Waals surface area contributed by atoms with Crippen LogP contribution in [-0.4, -0.2) is 42.8 Å². The first kappa shape index (κ1) is 21.2. The molecule has 0 spiro atoms. The van der Waals surface area contributed by atoms with Crippen LogP contribution in [0, 0.1) is 0 Å². The number of hydrogen-bond acceptors (Lipinski definition) is 5. The molecular formula is C22H25NO5. The van der Waals surface area contributed by atoms with E-state index < -0.39 is 24.0 Å². The van der Waals surface area contributed by atoms with Gasteiger partial charge in [-0.1, -0.05) is 30.3 Å². The highest BCUT2D eigenvalue weighted by atomic mass is 16.5. The Kier molecular flexibility index (Phi) is 6.93. The molecule has 148 valence electrons. The topological polar surface area (TPSA) is 83.9 Å². The van der Waals surface area contributed by atoms with Crippen LogP contribution in [0.15, 0.2) is 42.5 Å². The highest BCUT2D eigenvalue weighted by molar-refractivity contribution is 6.37. The molecule has 0 aliphatic carbocycles. The second-order valence-corrected chi connectivity index (χ2v) is 7.04. The van der Waals surface area contributed by atoms with E-state index in [0.29, 0.717) is 17.9 Å². The van der Waals surface area contributed by atoms with Gasteiger partial charge in [0.05, 0.1) is 23.8 Å². The molecule has 2 aromatic rings. The summed E-state index contributed by atoms with van der Waals surface area (Å²) >= 11 is 0. The Morgan fingerprint density at radius 1 is 1.04 bits per heavy atom. The minimum atomic E-state index is -1.62. The Morgan fingerprint density at radius 2 is 1.68 bits per heavy atom. The molecule has 0 fully saturated rings. The Balaban J connectivity index is 2.54. The summed E-state index contributed by atoms with van der Waals surface area (Å²) in [6, 6.07) is 13.4.